The highest BCUT2D eigenvalue weighted by Crippen LogP contribution is 2.31. The smallest absolute Gasteiger partial charge is 0.336 e. The zero-order valence-corrected chi connectivity index (χ0v) is 19.6. The predicted octanol–water partition coefficient (Wildman–Crippen LogP) is 2.21. The molecule has 36 heavy (non-hydrogen) atoms. The minimum Gasteiger partial charge on any atom is -0.489 e. The van der Waals surface area contributed by atoms with E-state index < -0.39 is 11.9 Å². The van der Waals surface area contributed by atoms with Crippen molar-refractivity contribution in [2.75, 3.05) is 13.1 Å². The van der Waals surface area contributed by atoms with E-state index >= 15 is 0 Å². The number of carbonyl (C=O) groups is 3. The van der Waals surface area contributed by atoms with Gasteiger partial charge in [-0.15, -0.1) is 0 Å². The van der Waals surface area contributed by atoms with E-state index in [0.29, 0.717) is 29.9 Å². The molecule has 3 aromatic rings. The quantitative estimate of drug-likeness (QED) is 0.434. The van der Waals surface area contributed by atoms with Crippen LogP contribution in [0.2, 0.25) is 0 Å². The Morgan fingerprint density at radius 1 is 1.00 bits per heavy atom. The van der Waals surface area contributed by atoms with Crippen LogP contribution < -0.4 is 15.7 Å². The van der Waals surface area contributed by atoms with Gasteiger partial charge in [-0.2, -0.15) is 0 Å². The van der Waals surface area contributed by atoms with Crippen LogP contribution in [0.25, 0.3) is 11.0 Å². The molecule has 2 saturated heterocycles. The molecular weight excluding hydrogens is 462 g/mol. The first-order valence-electron chi connectivity index (χ1n) is 12.1. The molecule has 9 nitrogen and oxygen atoms in total. The number of imide groups is 1. The summed E-state index contributed by atoms with van der Waals surface area (Å²) < 4.78 is 11.6. The lowest BCUT2D eigenvalue weighted by Crippen LogP contribution is -2.52. The average Bonchev–Trinajstić information content (AvgIpc) is 3.42. The molecule has 1 aromatic heterocycles. The largest absolute Gasteiger partial charge is 0.489 e. The van der Waals surface area contributed by atoms with Crippen LogP contribution >= 0.6 is 0 Å². The van der Waals surface area contributed by atoms with Crippen molar-refractivity contribution >= 4 is 28.7 Å². The monoisotopic (exact) mass is 487 g/mol. The Morgan fingerprint density at radius 2 is 1.86 bits per heavy atom. The maximum absolute atomic E-state index is 12.9. The Morgan fingerprint density at radius 3 is 2.72 bits per heavy atom. The highest BCUT2D eigenvalue weighted by molar-refractivity contribution is 6.05. The van der Waals surface area contributed by atoms with Crippen LogP contribution in [-0.2, 0) is 22.7 Å². The number of benzene rings is 2. The molecule has 3 amide bonds. The molecule has 0 aliphatic carbocycles. The van der Waals surface area contributed by atoms with Crippen LogP contribution in [0.15, 0.2) is 57.7 Å². The molecule has 184 valence electrons. The number of piperidine rings is 1. The van der Waals surface area contributed by atoms with Gasteiger partial charge in [0.2, 0.25) is 11.8 Å². The van der Waals surface area contributed by atoms with E-state index in [1.165, 1.54) is 6.07 Å². The molecule has 0 radical (unpaired) electrons. The third-order valence-corrected chi connectivity index (χ3v) is 7.12. The number of hydrogen-bond donors (Lipinski definition) is 1. The number of fused-ring (bicyclic) bond motifs is 2. The second-order valence-electron chi connectivity index (χ2n) is 9.61. The van der Waals surface area contributed by atoms with Crippen molar-refractivity contribution in [3.8, 4) is 5.75 Å². The molecule has 1 N–H and O–H groups in total. The van der Waals surface area contributed by atoms with Gasteiger partial charge in [-0.25, -0.2) is 4.79 Å². The molecule has 3 aliphatic heterocycles. The van der Waals surface area contributed by atoms with Crippen molar-refractivity contribution in [3.05, 3.63) is 75.6 Å². The third-order valence-electron chi connectivity index (χ3n) is 7.12. The maximum atomic E-state index is 12.9. The van der Waals surface area contributed by atoms with Gasteiger partial charge >= 0.3 is 5.63 Å². The number of nitrogens with zero attached hydrogens (tertiary/aromatic N) is 2. The lowest BCUT2D eigenvalue weighted by atomic mass is 10.0. The van der Waals surface area contributed by atoms with Crippen LogP contribution in [0.3, 0.4) is 0 Å². The van der Waals surface area contributed by atoms with Gasteiger partial charge in [-0.05, 0) is 54.3 Å². The summed E-state index contributed by atoms with van der Waals surface area (Å²) in [5.74, 6) is -0.201. The lowest BCUT2D eigenvalue weighted by Gasteiger charge is -2.29. The van der Waals surface area contributed by atoms with Crippen molar-refractivity contribution in [2.24, 2.45) is 0 Å². The number of amides is 3. The van der Waals surface area contributed by atoms with E-state index in [2.05, 4.69) is 10.2 Å². The molecule has 3 aliphatic rings. The fourth-order valence-corrected chi connectivity index (χ4v) is 5.32. The zero-order valence-electron chi connectivity index (χ0n) is 19.6. The molecule has 0 spiro atoms. The number of carbonyl (C=O) groups excluding carboxylic acids is 3. The standard InChI is InChI=1S/C27H25N3O6/c31-24-7-6-22(26(33)28-24)30-14-18-12-19(4-5-21(18)27(30)34)35-20-9-10-29(15-20)13-16-1-2-17-3-8-25(32)36-23(17)11-16/h1-5,8,11-12,20,22H,6-7,9-10,13-15H2,(H,28,31,33)/t20-,22?/m0/s1. The van der Waals surface area contributed by atoms with E-state index in [9.17, 15) is 19.2 Å². The molecule has 6 rings (SSSR count). The van der Waals surface area contributed by atoms with E-state index in [0.717, 1.165) is 42.6 Å². The van der Waals surface area contributed by atoms with E-state index in [4.69, 9.17) is 9.15 Å². The summed E-state index contributed by atoms with van der Waals surface area (Å²) in [5.41, 5.74) is 2.71. The minimum absolute atomic E-state index is 0.0183. The van der Waals surface area contributed by atoms with Crippen LogP contribution in [0, 0.1) is 0 Å². The SMILES string of the molecule is O=C1CCC(N2Cc3cc(O[C@H]4CCN(Cc5ccc6ccc(=O)oc6c5)C4)ccc3C2=O)C(=O)N1. The van der Waals surface area contributed by atoms with Gasteiger partial charge in [0.25, 0.3) is 5.91 Å². The Balaban J connectivity index is 1.09. The highest BCUT2D eigenvalue weighted by atomic mass is 16.5. The Bertz CT molecular complexity index is 1450. The van der Waals surface area contributed by atoms with E-state index in [1.54, 1.807) is 23.1 Å². The zero-order chi connectivity index (χ0) is 24.8. The maximum Gasteiger partial charge on any atom is 0.336 e. The van der Waals surface area contributed by atoms with Crippen LogP contribution in [-0.4, -0.2) is 52.8 Å². The van der Waals surface area contributed by atoms with Gasteiger partial charge in [-0.3, -0.25) is 24.6 Å². The summed E-state index contributed by atoms with van der Waals surface area (Å²) >= 11 is 0. The van der Waals surface area contributed by atoms with Crippen molar-refractivity contribution in [1.82, 2.24) is 15.1 Å². The van der Waals surface area contributed by atoms with Crippen molar-refractivity contribution in [3.63, 3.8) is 0 Å². The molecule has 2 aromatic carbocycles. The number of ether oxygens (including phenoxy) is 1. The fourth-order valence-electron chi connectivity index (χ4n) is 5.32. The van der Waals surface area contributed by atoms with E-state index in [1.807, 2.05) is 24.3 Å². The van der Waals surface area contributed by atoms with Crippen LogP contribution in [0.5, 0.6) is 5.75 Å². The summed E-state index contributed by atoms with van der Waals surface area (Å²) in [5, 5.41) is 3.22. The summed E-state index contributed by atoms with van der Waals surface area (Å²) in [6, 6.07) is 13.9. The van der Waals surface area contributed by atoms with Crippen LogP contribution in [0.1, 0.15) is 40.7 Å². The second-order valence-corrected chi connectivity index (χ2v) is 9.61. The molecular formula is C27H25N3O6. The first kappa shape index (κ1) is 22.5. The minimum atomic E-state index is -0.626. The average molecular weight is 488 g/mol. The fraction of sp³-hybridized carbons (Fsp3) is 0.333. The lowest BCUT2D eigenvalue weighted by molar-refractivity contribution is -0.136. The molecule has 4 heterocycles. The summed E-state index contributed by atoms with van der Waals surface area (Å²) in [6.45, 7) is 2.70. The molecule has 2 atom stereocenters. The molecule has 2 fully saturated rings. The Labute approximate surface area is 206 Å². The van der Waals surface area contributed by atoms with Gasteiger partial charge in [0.1, 0.15) is 23.5 Å². The van der Waals surface area contributed by atoms with Crippen molar-refractivity contribution < 1.29 is 23.5 Å². The summed E-state index contributed by atoms with van der Waals surface area (Å²) in [4.78, 5) is 52.0. The first-order chi connectivity index (χ1) is 17.4. The molecule has 1 unspecified atom stereocenters. The highest BCUT2D eigenvalue weighted by Gasteiger charge is 2.39. The molecule has 0 bridgehead atoms. The van der Waals surface area contributed by atoms with Crippen molar-refractivity contribution in [2.45, 2.75) is 44.5 Å². The topological polar surface area (TPSA) is 109 Å². The van der Waals surface area contributed by atoms with Crippen LogP contribution in [0.4, 0.5) is 0 Å². The summed E-state index contributed by atoms with van der Waals surface area (Å²) in [6.07, 6.45) is 1.47. The van der Waals surface area contributed by atoms with Gasteiger partial charge in [-0.1, -0.05) is 12.1 Å². The number of likely N-dealkylation sites (tertiary alicyclic amines) is 1. The van der Waals surface area contributed by atoms with Gasteiger partial charge in [0.15, 0.2) is 0 Å². The Kier molecular flexibility index (Phi) is 5.56. The number of nitrogens with one attached hydrogen (secondary N) is 1. The molecule has 0 saturated carbocycles. The predicted molar refractivity (Wildman–Crippen MR) is 129 cm³/mol. The number of hydrogen-bond acceptors (Lipinski definition) is 7. The van der Waals surface area contributed by atoms with Gasteiger partial charge in [0.05, 0.1) is 0 Å². The molecule has 9 heteroatoms. The third kappa shape index (κ3) is 4.26. The normalized spacial score (nSPS) is 22.2. The summed E-state index contributed by atoms with van der Waals surface area (Å²) in [7, 11) is 0. The number of rotatable bonds is 5. The second kappa shape index (κ2) is 8.91. The van der Waals surface area contributed by atoms with Gasteiger partial charge in [0, 0.05) is 49.6 Å². The van der Waals surface area contributed by atoms with Gasteiger partial charge < -0.3 is 14.1 Å². The van der Waals surface area contributed by atoms with Crippen molar-refractivity contribution in [1.29, 1.82) is 0 Å². The first-order valence-corrected chi connectivity index (χ1v) is 12.1. The van der Waals surface area contributed by atoms with E-state index in [-0.39, 0.29) is 30.0 Å². The Hall–Kier alpha value is -3.98.